The van der Waals surface area contributed by atoms with E-state index in [-0.39, 0.29) is 19.3 Å². The zero-order valence-electron chi connectivity index (χ0n) is 7.24. The van der Waals surface area contributed by atoms with Crippen molar-refractivity contribution in [2.75, 3.05) is 0 Å². The predicted molar refractivity (Wildman–Crippen MR) is 50.8 cm³/mol. The van der Waals surface area contributed by atoms with Crippen LogP contribution in [0.15, 0.2) is 30.3 Å². The molecule has 0 aliphatic carbocycles. The Balaban J connectivity index is 2.91. The molecule has 0 bridgehead atoms. The van der Waals surface area contributed by atoms with Gasteiger partial charge in [-0.3, -0.25) is 0 Å². The van der Waals surface area contributed by atoms with Gasteiger partial charge in [-0.15, -0.1) is 0 Å². The molecule has 0 radical (unpaired) electrons. The first-order chi connectivity index (χ1) is 5.67. The van der Waals surface area contributed by atoms with Gasteiger partial charge in [0.25, 0.3) is 0 Å². The van der Waals surface area contributed by atoms with Gasteiger partial charge >= 0.3 is 79.2 Å². The van der Waals surface area contributed by atoms with Crippen molar-refractivity contribution < 1.29 is 0 Å². The van der Waals surface area contributed by atoms with Crippen molar-refractivity contribution in [3.05, 3.63) is 35.9 Å². The van der Waals surface area contributed by atoms with E-state index in [2.05, 4.69) is 30.9 Å². The first-order valence-corrected chi connectivity index (χ1v) is 5.51. The first kappa shape index (κ1) is 9.32. The van der Waals surface area contributed by atoms with Crippen LogP contribution in [0.25, 0.3) is 0 Å². The van der Waals surface area contributed by atoms with E-state index in [1.807, 2.05) is 18.2 Å². The van der Waals surface area contributed by atoms with Crippen LogP contribution in [0, 0.1) is 10.2 Å². The summed E-state index contributed by atoms with van der Waals surface area (Å²) in [6, 6.07) is 10.2. The standard InChI is InChI=1S/C10H11NSe/c1-10(2,12-8-11)9-6-4-3-5-7-9/h3-7H,1-2H3. The Morgan fingerprint density at radius 3 is 2.33 bits per heavy atom. The molecule has 0 unspecified atom stereocenters. The molecule has 0 N–H and O–H groups in total. The number of hydrogen-bond donors (Lipinski definition) is 0. The summed E-state index contributed by atoms with van der Waals surface area (Å²) in [7, 11) is 0. The molecule has 0 atom stereocenters. The number of nitriles is 1. The monoisotopic (exact) mass is 225 g/mol. The van der Waals surface area contributed by atoms with Crippen molar-refractivity contribution in [3.8, 4) is 4.97 Å². The number of rotatable bonds is 2. The van der Waals surface area contributed by atoms with Gasteiger partial charge in [0.1, 0.15) is 0 Å². The van der Waals surface area contributed by atoms with E-state index in [0.29, 0.717) is 0 Å². The van der Waals surface area contributed by atoms with E-state index in [9.17, 15) is 0 Å². The number of hydrogen-bond acceptors (Lipinski definition) is 1. The molecular weight excluding hydrogens is 213 g/mol. The van der Waals surface area contributed by atoms with Crippen LogP contribution < -0.4 is 0 Å². The van der Waals surface area contributed by atoms with Crippen molar-refractivity contribution in [2.24, 2.45) is 0 Å². The Bertz CT molecular complexity index is 284. The molecule has 0 amide bonds. The van der Waals surface area contributed by atoms with Gasteiger partial charge in [0.05, 0.1) is 0 Å². The van der Waals surface area contributed by atoms with Gasteiger partial charge < -0.3 is 0 Å². The van der Waals surface area contributed by atoms with E-state index in [1.54, 1.807) is 0 Å². The van der Waals surface area contributed by atoms with Crippen LogP contribution in [0.1, 0.15) is 19.4 Å². The average Bonchev–Trinajstić information content (AvgIpc) is 2.06. The average molecular weight is 224 g/mol. The zero-order chi connectivity index (χ0) is 9.03. The van der Waals surface area contributed by atoms with Crippen LogP contribution in [0.5, 0.6) is 0 Å². The number of nitrogens with zero attached hydrogens (tertiary/aromatic N) is 1. The van der Waals surface area contributed by atoms with Gasteiger partial charge in [-0.1, -0.05) is 0 Å². The zero-order valence-corrected chi connectivity index (χ0v) is 8.96. The Morgan fingerprint density at radius 1 is 1.25 bits per heavy atom. The molecule has 0 aromatic heterocycles. The van der Waals surface area contributed by atoms with Crippen molar-refractivity contribution in [1.82, 2.24) is 0 Å². The fraction of sp³-hybridized carbons (Fsp3) is 0.300. The van der Waals surface area contributed by atoms with Gasteiger partial charge in [0, 0.05) is 0 Å². The summed E-state index contributed by atoms with van der Waals surface area (Å²) < 4.78 is 0.0447. The number of benzene rings is 1. The van der Waals surface area contributed by atoms with E-state index in [4.69, 9.17) is 5.26 Å². The molecule has 62 valence electrons. The molecule has 12 heavy (non-hydrogen) atoms. The summed E-state index contributed by atoms with van der Waals surface area (Å²) in [4.78, 5) is 2.27. The Hall–Kier alpha value is -0.771. The second kappa shape index (κ2) is 3.76. The van der Waals surface area contributed by atoms with Crippen LogP contribution in [0.2, 0.25) is 0 Å². The van der Waals surface area contributed by atoms with Gasteiger partial charge in [-0.2, -0.15) is 0 Å². The van der Waals surface area contributed by atoms with Gasteiger partial charge in [-0.05, 0) is 0 Å². The minimum atomic E-state index is 0.0222. The summed E-state index contributed by atoms with van der Waals surface area (Å²) in [5.74, 6) is 0. The van der Waals surface area contributed by atoms with Crippen LogP contribution in [0.4, 0.5) is 0 Å². The third-order valence-electron chi connectivity index (χ3n) is 1.77. The van der Waals surface area contributed by atoms with E-state index in [1.165, 1.54) is 5.56 Å². The molecule has 0 spiro atoms. The van der Waals surface area contributed by atoms with Crippen LogP contribution >= 0.6 is 0 Å². The van der Waals surface area contributed by atoms with Crippen molar-refractivity contribution >= 4 is 15.0 Å². The molecule has 0 fully saturated rings. The van der Waals surface area contributed by atoms with E-state index in [0.717, 1.165) is 0 Å². The van der Waals surface area contributed by atoms with E-state index < -0.39 is 0 Å². The summed E-state index contributed by atoms with van der Waals surface area (Å²) >= 11 is 0.0222. The van der Waals surface area contributed by atoms with Gasteiger partial charge in [0.15, 0.2) is 0 Å². The fourth-order valence-corrected chi connectivity index (χ4v) is 2.02. The fourth-order valence-electron chi connectivity index (χ4n) is 1.01. The Kier molecular flexibility index (Phi) is 2.92. The molecule has 0 aliphatic heterocycles. The van der Waals surface area contributed by atoms with E-state index >= 15 is 0 Å². The topological polar surface area (TPSA) is 23.8 Å². The SMILES string of the molecule is CC(C)([Se]C#N)c1ccccc1. The molecule has 2 heteroatoms. The second-order valence-corrected chi connectivity index (χ2v) is 6.02. The normalized spacial score (nSPS) is 10.8. The van der Waals surface area contributed by atoms with Crippen molar-refractivity contribution in [1.29, 1.82) is 5.26 Å². The molecule has 1 aromatic rings. The second-order valence-electron chi connectivity index (χ2n) is 3.07. The summed E-state index contributed by atoms with van der Waals surface area (Å²) in [5, 5.41) is 8.64. The van der Waals surface area contributed by atoms with Crippen LogP contribution in [-0.4, -0.2) is 15.0 Å². The molecule has 0 heterocycles. The third-order valence-corrected chi connectivity index (χ3v) is 3.53. The van der Waals surface area contributed by atoms with Gasteiger partial charge in [0.2, 0.25) is 0 Å². The summed E-state index contributed by atoms with van der Waals surface area (Å²) in [5.41, 5.74) is 1.26. The van der Waals surface area contributed by atoms with Crippen LogP contribution in [-0.2, 0) is 4.31 Å². The molecule has 0 aliphatic rings. The van der Waals surface area contributed by atoms with Gasteiger partial charge in [-0.25, -0.2) is 0 Å². The van der Waals surface area contributed by atoms with Crippen molar-refractivity contribution in [3.63, 3.8) is 0 Å². The summed E-state index contributed by atoms with van der Waals surface area (Å²) in [6.45, 7) is 4.23. The van der Waals surface area contributed by atoms with Crippen LogP contribution in [0.3, 0.4) is 0 Å². The molecular formula is C10H11NSe. The Labute approximate surface area is 79.6 Å². The molecule has 0 saturated carbocycles. The Morgan fingerprint density at radius 2 is 1.83 bits per heavy atom. The maximum atomic E-state index is 8.64. The maximum absolute atomic E-state index is 8.64. The molecule has 1 rings (SSSR count). The molecule has 1 nitrogen and oxygen atoms in total. The minimum absolute atomic E-state index is 0.0222. The quantitative estimate of drug-likeness (QED) is 0.706. The first-order valence-electron chi connectivity index (χ1n) is 3.79. The molecule has 1 aromatic carbocycles. The predicted octanol–water partition coefficient (Wildman–Crippen LogP) is 2.11. The van der Waals surface area contributed by atoms with Crippen molar-refractivity contribution in [2.45, 2.75) is 18.2 Å². The third kappa shape index (κ3) is 2.11. The summed E-state index contributed by atoms with van der Waals surface area (Å²) in [6.07, 6.45) is 0. The molecule has 0 saturated heterocycles.